The van der Waals surface area contributed by atoms with E-state index in [1.54, 1.807) is 6.92 Å². The van der Waals surface area contributed by atoms with E-state index in [2.05, 4.69) is 15.5 Å². The highest BCUT2D eigenvalue weighted by atomic mass is 19.4. The molecule has 90 valence electrons. The summed E-state index contributed by atoms with van der Waals surface area (Å²) < 4.78 is 35.2. The van der Waals surface area contributed by atoms with Crippen LogP contribution in [0.3, 0.4) is 0 Å². The minimum absolute atomic E-state index is 0.388. The van der Waals surface area contributed by atoms with Crippen LogP contribution < -0.4 is 10.6 Å². The number of anilines is 1. The van der Waals surface area contributed by atoms with Gasteiger partial charge < -0.3 is 10.6 Å². The first-order valence-electron chi connectivity index (χ1n) is 4.46. The molecule has 0 aromatic carbocycles. The average molecular weight is 236 g/mol. The summed E-state index contributed by atoms with van der Waals surface area (Å²) in [6.07, 6.45) is -2.82. The molecule has 1 heterocycles. The van der Waals surface area contributed by atoms with Gasteiger partial charge in [0.25, 0.3) is 0 Å². The monoisotopic (exact) mass is 236 g/mol. The van der Waals surface area contributed by atoms with Gasteiger partial charge in [-0.25, -0.2) is 0 Å². The van der Waals surface area contributed by atoms with Crippen LogP contribution in [0.2, 0.25) is 0 Å². The number of hydrogen-bond donors (Lipinski definition) is 3. The minimum atomic E-state index is -4.32. The SMILES string of the molecule is Cc1cn[nH]c1NC(=O)CNCC(F)(F)F. The lowest BCUT2D eigenvalue weighted by atomic mass is 10.4. The lowest BCUT2D eigenvalue weighted by molar-refractivity contribution is -0.126. The van der Waals surface area contributed by atoms with E-state index in [-0.39, 0.29) is 0 Å². The van der Waals surface area contributed by atoms with Crippen LogP contribution in [-0.2, 0) is 4.79 Å². The van der Waals surface area contributed by atoms with Crippen molar-refractivity contribution in [2.45, 2.75) is 13.1 Å². The van der Waals surface area contributed by atoms with Crippen LogP contribution in [0.1, 0.15) is 5.56 Å². The largest absolute Gasteiger partial charge is 0.401 e. The van der Waals surface area contributed by atoms with Gasteiger partial charge >= 0.3 is 6.18 Å². The lowest BCUT2D eigenvalue weighted by Gasteiger charge is -2.08. The van der Waals surface area contributed by atoms with E-state index in [0.29, 0.717) is 11.4 Å². The molecule has 0 aliphatic rings. The quantitative estimate of drug-likeness (QED) is 0.724. The van der Waals surface area contributed by atoms with Gasteiger partial charge in [0.1, 0.15) is 5.82 Å². The molecule has 0 unspecified atom stereocenters. The number of halogens is 3. The van der Waals surface area contributed by atoms with E-state index in [0.717, 1.165) is 0 Å². The van der Waals surface area contributed by atoms with Crippen LogP contribution in [-0.4, -0.2) is 35.4 Å². The smallest absolute Gasteiger partial charge is 0.310 e. The van der Waals surface area contributed by atoms with Gasteiger partial charge in [-0.15, -0.1) is 0 Å². The molecule has 16 heavy (non-hydrogen) atoms. The number of amides is 1. The van der Waals surface area contributed by atoms with Crippen LogP contribution in [0.25, 0.3) is 0 Å². The standard InChI is InChI=1S/C8H11F3N4O/c1-5-2-13-15-7(5)14-6(16)3-12-4-8(9,10)11/h2,12H,3-4H2,1H3,(H2,13,14,15,16). The molecule has 0 aliphatic heterocycles. The zero-order valence-electron chi connectivity index (χ0n) is 8.48. The topological polar surface area (TPSA) is 69.8 Å². The number of alkyl halides is 3. The van der Waals surface area contributed by atoms with Crippen LogP contribution in [0.4, 0.5) is 19.0 Å². The van der Waals surface area contributed by atoms with Crippen molar-refractivity contribution in [1.82, 2.24) is 15.5 Å². The Kier molecular flexibility index (Phi) is 3.88. The van der Waals surface area contributed by atoms with Gasteiger partial charge in [0.15, 0.2) is 0 Å². The summed E-state index contributed by atoms with van der Waals surface area (Å²) in [7, 11) is 0. The molecular formula is C8H11F3N4O. The fourth-order valence-corrected chi connectivity index (χ4v) is 0.974. The van der Waals surface area contributed by atoms with Gasteiger partial charge in [-0.3, -0.25) is 9.89 Å². The van der Waals surface area contributed by atoms with Crippen molar-refractivity contribution >= 4 is 11.7 Å². The van der Waals surface area contributed by atoms with Crippen LogP contribution in [0, 0.1) is 6.92 Å². The second-order valence-electron chi connectivity index (χ2n) is 3.19. The number of nitrogens with one attached hydrogen (secondary N) is 3. The number of hydrogen-bond acceptors (Lipinski definition) is 3. The van der Waals surface area contributed by atoms with Gasteiger partial charge in [0, 0.05) is 5.56 Å². The highest BCUT2D eigenvalue weighted by Gasteiger charge is 2.26. The molecule has 3 N–H and O–H groups in total. The first kappa shape index (κ1) is 12.5. The molecule has 0 bridgehead atoms. The van der Waals surface area contributed by atoms with E-state index in [1.165, 1.54) is 6.20 Å². The van der Waals surface area contributed by atoms with Crippen molar-refractivity contribution in [3.05, 3.63) is 11.8 Å². The van der Waals surface area contributed by atoms with Crippen molar-refractivity contribution in [1.29, 1.82) is 0 Å². The Hall–Kier alpha value is -1.57. The number of H-pyrrole nitrogens is 1. The molecule has 1 amide bonds. The molecular weight excluding hydrogens is 225 g/mol. The Balaban J connectivity index is 2.30. The number of aromatic amines is 1. The van der Waals surface area contributed by atoms with Gasteiger partial charge in [0.2, 0.25) is 5.91 Å². The molecule has 0 saturated heterocycles. The summed E-state index contributed by atoms with van der Waals surface area (Å²) in [6, 6.07) is 0. The Morgan fingerprint density at radius 3 is 2.75 bits per heavy atom. The van der Waals surface area contributed by atoms with Gasteiger partial charge in [-0.2, -0.15) is 18.3 Å². The first-order chi connectivity index (χ1) is 7.38. The molecule has 1 aromatic heterocycles. The van der Waals surface area contributed by atoms with Crippen molar-refractivity contribution < 1.29 is 18.0 Å². The Morgan fingerprint density at radius 1 is 1.56 bits per heavy atom. The Labute approximate surface area is 89.4 Å². The highest BCUT2D eigenvalue weighted by molar-refractivity contribution is 5.91. The second-order valence-corrected chi connectivity index (χ2v) is 3.19. The number of carbonyl (C=O) groups excluding carboxylic acids is 1. The van der Waals surface area contributed by atoms with E-state index < -0.39 is 25.2 Å². The van der Waals surface area contributed by atoms with Gasteiger partial charge in [-0.05, 0) is 6.92 Å². The number of aromatic nitrogens is 2. The molecule has 0 spiro atoms. The summed E-state index contributed by atoms with van der Waals surface area (Å²) in [5.41, 5.74) is 0.712. The number of aryl methyl sites for hydroxylation is 1. The molecule has 1 aromatic rings. The van der Waals surface area contributed by atoms with Crippen molar-refractivity contribution in [3.63, 3.8) is 0 Å². The predicted octanol–water partition coefficient (Wildman–Crippen LogP) is 0.809. The summed E-state index contributed by atoms with van der Waals surface area (Å²) >= 11 is 0. The Bertz CT molecular complexity index is 360. The maximum atomic E-state index is 11.7. The fraction of sp³-hybridized carbons (Fsp3) is 0.500. The lowest BCUT2D eigenvalue weighted by Crippen LogP contribution is -2.35. The molecule has 0 radical (unpaired) electrons. The van der Waals surface area contributed by atoms with Crippen LogP contribution in [0.5, 0.6) is 0 Å². The molecule has 1 rings (SSSR count). The zero-order valence-corrected chi connectivity index (χ0v) is 8.48. The van der Waals surface area contributed by atoms with Crippen LogP contribution >= 0.6 is 0 Å². The van der Waals surface area contributed by atoms with Crippen LogP contribution in [0.15, 0.2) is 6.20 Å². The average Bonchev–Trinajstić information content (AvgIpc) is 2.49. The summed E-state index contributed by atoms with van der Waals surface area (Å²) in [6.45, 7) is 0.114. The molecule has 0 aliphatic carbocycles. The van der Waals surface area contributed by atoms with Crippen molar-refractivity contribution in [2.24, 2.45) is 0 Å². The molecule has 0 atom stereocenters. The highest BCUT2D eigenvalue weighted by Crippen LogP contribution is 2.12. The van der Waals surface area contributed by atoms with Crippen molar-refractivity contribution in [2.75, 3.05) is 18.4 Å². The normalized spacial score (nSPS) is 11.5. The second kappa shape index (κ2) is 4.97. The van der Waals surface area contributed by atoms with Crippen molar-refractivity contribution in [3.8, 4) is 0 Å². The van der Waals surface area contributed by atoms with E-state index in [1.807, 2.05) is 5.32 Å². The Morgan fingerprint density at radius 2 is 2.25 bits per heavy atom. The number of carbonyl (C=O) groups is 1. The zero-order chi connectivity index (χ0) is 12.2. The number of nitrogens with zero attached hydrogens (tertiary/aromatic N) is 1. The molecule has 8 heteroatoms. The first-order valence-corrected chi connectivity index (χ1v) is 4.46. The molecule has 0 fully saturated rings. The maximum Gasteiger partial charge on any atom is 0.401 e. The van der Waals surface area contributed by atoms with E-state index in [4.69, 9.17) is 0 Å². The summed E-state index contributed by atoms with van der Waals surface area (Å²) in [5, 5.41) is 10.5. The third-order valence-corrected chi connectivity index (χ3v) is 1.70. The molecule has 0 saturated carbocycles. The summed E-state index contributed by atoms with van der Waals surface area (Å²) in [5.74, 6) is -0.171. The maximum absolute atomic E-state index is 11.7. The third-order valence-electron chi connectivity index (χ3n) is 1.70. The predicted molar refractivity (Wildman–Crippen MR) is 50.9 cm³/mol. The number of rotatable bonds is 4. The molecule has 5 nitrogen and oxygen atoms in total. The summed E-state index contributed by atoms with van der Waals surface area (Å²) in [4.78, 5) is 11.2. The van der Waals surface area contributed by atoms with E-state index >= 15 is 0 Å². The fourth-order valence-electron chi connectivity index (χ4n) is 0.974. The van der Waals surface area contributed by atoms with Gasteiger partial charge in [0.05, 0.1) is 19.3 Å². The van der Waals surface area contributed by atoms with E-state index in [9.17, 15) is 18.0 Å². The minimum Gasteiger partial charge on any atom is -0.310 e. The van der Waals surface area contributed by atoms with Gasteiger partial charge in [-0.1, -0.05) is 0 Å². The third kappa shape index (κ3) is 4.30.